The lowest BCUT2D eigenvalue weighted by atomic mass is 10.1. The Balaban J connectivity index is 2.91. The highest BCUT2D eigenvalue weighted by Crippen LogP contribution is 2.34. The van der Waals surface area contributed by atoms with Crippen molar-refractivity contribution in [3.8, 4) is 5.75 Å². The third-order valence-electron chi connectivity index (χ3n) is 4.70. The molecular formula is C18H30O3Si2. The van der Waals surface area contributed by atoms with Gasteiger partial charge < -0.3 is 9.47 Å². The van der Waals surface area contributed by atoms with Crippen molar-refractivity contribution >= 4 is 27.9 Å². The van der Waals surface area contributed by atoms with Crippen molar-refractivity contribution in [2.24, 2.45) is 0 Å². The average molecular weight is 351 g/mol. The van der Waals surface area contributed by atoms with E-state index in [0.29, 0.717) is 5.75 Å². The molecule has 0 amide bonds. The number of rotatable bonds is 5. The highest BCUT2D eigenvalue weighted by Gasteiger charge is 2.52. The van der Waals surface area contributed by atoms with Crippen LogP contribution in [0.25, 0.3) is 5.57 Å². The van der Waals surface area contributed by atoms with E-state index in [1.807, 2.05) is 19.1 Å². The fourth-order valence-corrected chi connectivity index (χ4v) is 12.3. The molecule has 0 saturated heterocycles. The first-order valence-corrected chi connectivity index (χ1v) is 14.9. The molecule has 3 nitrogen and oxygen atoms in total. The summed E-state index contributed by atoms with van der Waals surface area (Å²) in [7, 11) is -3.45. The zero-order valence-electron chi connectivity index (χ0n) is 15.7. The zero-order chi connectivity index (χ0) is 18.1. The smallest absolute Gasteiger partial charge is 0.435 e. The van der Waals surface area contributed by atoms with Crippen molar-refractivity contribution in [1.29, 1.82) is 0 Å². The van der Waals surface area contributed by atoms with Gasteiger partial charge in [-0.2, -0.15) is 0 Å². The lowest BCUT2D eigenvalue weighted by Gasteiger charge is -2.47. The fraction of sp³-hybridized carbons (Fsp3) is 0.500. The summed E-state index contributed by atoms with van der Waals surface area (Å²) in [4.78, 5) is 11.9. The summed E-state index contributed by atoms with van der Waals surface area (Å²) in [5, 5.41) is 0. The Labute approximate surface area is 142 Å². The summed E-state index contributed by atoms with van der Waals surface area (Å²) in [6.07, 6.45) is -0.611. The number of benzene rings is 1. The van der Waals surface area contributed by atoms with E-state index in [0.717, 1.165) is 11.1 Å². The van der Waals surface area contributed by atoms with E-state index < -0.39 is 27.2 Å². The third kappa shape index (κ3) is 4.58. The maximum Gasteiger partial charge on any atom is 0.513 e. The van der Waals surface area contributed by atoms with Gasteiger partial charge in [0.05, 0.1) is 21.0 Å². The quantitative estimate of drug-likeness (QED) is 0.385. The average Bonchev–Trinajstić information content (AvgIpc) is 2.36. The highest BCUT2D eigenvalue weighted by molar-refractivity contribution is 6.98. The first-order valence-electron chi connectivity index (χ1n) is 7.95. The van der Waals surface area contributed by atoms with Crippen LogP contribution < -0.4 is 4.74 Å². The summed E-state index contributed by atoms with van der Waals surface area (Å²) < 4.78 is 11.3. The Kier molecular flexibility index (Phi) is 5.70. The second-order valence-corrected chi connectivity index (χ2v) is 19.7. The first kappa shape index (κ1) is 19.7. The van der Waals surface area contributed by atoms with Gasteiger partial charge in [-0.25, -0.2) is 4.79 Å². The van der Waals surface area contributed by atoms with Crippen LogP contribution in [0.2, 0.25) is 39.3 Å². The topological polar surface area (TPSA) is 35.5 Å². The Morgan fingerprint density at radius 3 is 1.78 bits per heavy atom. The number of allylic oxidation sites excluding steroid dienone is 1. The maximum absolute atomic E-state index is 12.3. The molecule has 0 aliphatic heterocycles. The standard InChI is InChI=1S/C18H30O3Si2/c1-14(2)15-10-12-16(13-11-15)20-17(19)21-18(3,22(4,5)6)23(7,8)9/h10-13H,1H2,2-9H3. The molecule has 1 aromatic carbocycles. The van der Waals surface area contributed by atoms with Crippen molar-refractivity contribution < 1.29 is 14.3 Å². The van der Waals surface area contributed by atoms with Gasteiger partial charge in [0.2, 0.25) is 0 Å². The Morgan fingerprint density at radius 1 is 1.00 bits per heavy atom. The van der Waals surface area contributed by atoms with Crippen LogP contribution in [-0.4, -0.2) is 27.2 Å². The van der Waals surface area contributed by atoms with E-state index >= 15 is 0 Å². The molecule has 0 aliphatic carbocycles. The molecule has 0 atom stereocenters. The van der Waals surface area contributed by atoms with Gasteiger partial charge in [-0.05, 0) is 31.5 Å². The normalized spacial score (nSPS) is 12.7. The molecule has 0 spiro atoms. The monoisotopic (exact) mass is 350 g/mol. The molecule has 128 valence electrons. The predicted octanol–water partition coefficient (Wildman–Crippen LogP) is 5.75. The van der Waals surface area contributed by atoms with Gasteiger partial charge >= 0.3 is 6.16 Å². The lowest BCUT2D eigenvalue weighted by molar-refractivity contribution is 0.0697. The molecule has 0 radical (unpaired) electrons. The largest absolute Gasteiger partial charge is 0.513 e. The summed E-state index contributed by atoms with van der Waals surface area (Å²) in [5.74, 6) is 0.494. The number of hydrogen-bond acceptors (Lipinski definition) is 3. The van der Waals surface area contributed by atoms with E-state index in [1.165, 1.54) is 0 Å². The number of carbonyl (C=O) groups is 1. The molecule has 0 heterocycles. The minimum Gasteiger partial charge on any atom is -0.435 e. The van der Waals surface area contributed by atoms with Gasteiger partial charge in [0.15, 0.2) is 0 Å². The van der Waals surface area contributed by atoms with Gasteiger partial charge in [0.1, 0.15) is 5.75 Å². The maximum atomic E-state index is 12.3. The molecule has 0 bridgehead atoms. The van der Waals surface area contributed by atoms with Gasteiger partial charge in [-0.15, -0.1) is 0 Å². The summed E-state index contributed by atoms with van der Waals surface area (Å²) in [6.45, 7) is 21.3. The summed E-state index contributed by atoms with van der Waals surface area (Å²) >= 11 is 0. The fourth-order valence-electron chi connectivity index (χ4n) is 2.52. The van der Waals surface area contributed by atoms with Crippen molar-refractivity contribution in [2.75, 3.05) is 0 Å². The van der Waals surface area contributed by atoms with E-state index in [-0.39, 0.29) is 0 Å². The van der Waals surface area contributed by atoms with Crippen molar-refractivity contribution in [3.63, 3.8) is 0 Å². The molecule has 0 saturated carbocycles. The van der Waals surface area contributed by atoms with Crippen molar-refractivity contribution in [2.45, 2.75) is 58.0 Å². The second kappa shape index (κ2) is 6.65. The molecule has 0 aromatic heterocycles. The van der Waals surface area contributed by atoms with Crippen LogP contribution in [0.1, 0.15) is 19.4 Å². The molecule has 0 fully saturated rings. The summed E-state index contributed by atoms with van der Waals surface area (Å²) in [6, 6.07) is 7.32. The number of hydrogen-bond donors (Lipinski definition) is 0. The van der Waals surface area contributed by atoms with Crippen LogP contribution in [-0.2, 0) is 4.74 Å². The van der Waals surface area contributed by atoms with Gasteiger partial charge in [0.25, 0.3) is 0 Å². The Hall–Kier alpha value is -1.34. The van der Waals surface area contributed by atoms with Crippen LogP contribution in [0.5, 0.6) is 5.75 Å². The molecule has 0 aliphatic rings. The van der Waals surface area contributed by atoms with Crippen LogP contribution in [0.3, 0.4) is 0 Å². The van der Waals surface area contributed by atoms with Crippen LogP contribution in [0.4, 0.5) is 4.79 Å². The number of carbonyl (C=O) groups excluding carboxylic acids is 1. The minimum atomic E-state index is -1.72. The lowest BCUT2D eigenvalue weighted by Crippen LogP contribution is -2.66. The molecule has 0 unspecified atom stereocenters. The first-order chi connectivity index (χ1) is 10.3. The van der Waals surface area contributed by atoms with E-state index in [2.05, 4.69) is 52.8 Å². The molecule has 0 N–H and O–H groups in total. The van der Waals surface area contributed by atoms with Gasteiger partial charge in [0, 0.05) is 0 Å². The van der Waals surface area contributed by atoms with Gasteiger partial charge in [-0.3, -0.25) is 0 Å². The van der Waals surface area contributed by atoms with Crippen LogP contribution in [0.15, 0.2) is 30.8 Å². The molecule has 5 heteroatoms. The molecule has 1 aromatic rings. The van der Waals surface area contributed by atoms with Crippen LogP contribution in [0, 0.1) is 0 Å². The third-order valence-corrected chi connectivity index (χ3v) is 15.1. The molecular weight excluding hydrogens is 320 g/mol. The van der Waals surface area contributed by atoms with E-state index in [1.54, 1.807) is 12.1 Å². The van der Waals surface area contributed by atoms with Crippen molar-refractivity contribution in [1.82, 2.24) is 0 Å². The van der Waals surface area contributed by atoms with E-state index in [9.17, 15) is 4.79 Å². The Bertz CT molecular complexity index is 564. The molecule has 23 heavy (non-hydrogen) atoms. The predicted molar refractivity (Wildman–Crippen MR) is 103 cm³/mol. The van der Waals surface area contributed by atoms with Crippen molar-refractivity contribution in [3.05, 3.63) is 36.4 Å². The van der Waals surface area contributed by atoms with Gasteiger partial charge in [-0.1, -0.05) is 63.6 Å². The summed E-state index contributed by atoms with van der Waals surface area (Å²) in [5.41, 5.74) is 2.00. The Morgan fingerprint density at radius 2 is 1.43 bits per heavy atom. The zero-order valence-corrected chi connectivity index (χ0v) is 17.7. The van der Waals surface area contributed by atoms with Crippen LogP contribution >= 0.6 is 0 Å². The minimum absolute atomic E-state index is 0.394. The second-order valence-electron chi connectivity index (χ2n) is 8.29. The molecule has 1 rings (SSSR count). The highest BCUT2D eigenvalue weighted by atomic mass is 28.4. The number of ether oxygens (including phenoxy) is 2. The SMILES string of the molecule is C=C(C)c1ccc(OC(=O)OC(C)([Si](C)(C)C)[Si](C)(C)C)cc1. The van der Waals surface area contributed by atoms with E-state index in [4.69, 9.17) is 9.47 Å².